The first-order valence-electron chi connectivity index (χ1n) is 6.72. The van der Waals surface area contributed by atoms with Crippen LogP contribution in [0.4, 0.5) is 0 Å². The van der Waals surface area contributed by atoms with Crippen molar-refractivity contribution in [3.8, 4) is 0 Å². The van der Waals surface area contributed by atoms with Gasteiger partial charge in [-0.2, -0.15) is 0 Å². The SMILES string of the molecule is CN1CCN(CCCCC(C)(CO)CO)CC1. The number of aliphatic hydroxyl groups excluding tert-OH is 2. The molecule has 4 nitrogen and oxygen atoms in total. The summed E-state index contributed by atoms with van der Waals surface area (Å²) in [5.41, 5.74) is -0.290. The van der Waals surface area contributed by atoms with Crippen molar-refractivity contribution in [2.45, 2.75) is 26.2 Å². The molecule has 0 atom stereocenters. The first kappa shape index (κ1) is 14.9. The molecule has 0 aromatic carbocycles. The average molecular weight is 244 g/mol. The third-order valence-electron chi connectivity index (χ3n) is 3.86. The van der Waals surface area contributed by atoms with Gasteiger partial charge in [0, 0.05) is 31.6 Å². The van der Waals surface area contributed by atoms with Crippen molar-refractivity contribution in [1.82, 2.24) is 9.80 Å². The van der Waals surface area contributed by atoms with Crippen molar-refractivity contribution in [2.75, 3.05) is 53.0 Å². The molecular weight excluding hydrogens is 216 g/mol. The molecule has 0 aromatic rings. The molecule has 1 heterocycles. The minimum atomic E-state index is -0.290. The predicted octanol–water partition coefficient (Wildman–Crippen LogP) is 0.395. The van der Waals surface area contributed by atoms with E-state index in [1.54, 1.807) is 0 Å². The van der Waals surface area contributed by atoms with E-state index in [0.29, 0.717) is 0 Å². The molecular formula is C13H28N2O2. The summed E-state index contributed by atoms with van der Waals surface area (Å²) in [6, 6.07) is 0. The highest BCUT2D eigenvalue weighted by Gasteiger charge is 2.21. The van der Waals surface area contributed by atoms with Gasteiger partial charge in [-0.15, -0.1) is 0 Å². The first-order chi connectivity index (χ1) is 8.09. The van der Waals surface area contributed by atoms with Gasteiger partial charge in [-0.05, 0) is 26.4 Å². The van der Waals surface area contributed by atoms with Crippen LogP contribution in [0.1, 0.15) is 26.2 Å². The van der Waals surface area contributed by atoms with Gasteiger partial charge in [-0.3, -0.25) is 0 Å². The van der Waals surface area contributed by atoms with Gasteiger partial charge in [-0.1, -0.05) is 13.3 Å². The van der Waals surface area contributed by atoms with Gasteiger partial charge in [0.05, 0.1) is 13.2 Å². The van der Waals surface area contributed by atoms with Crippen molar-refractivity contribution >= 4 is 0 Å². The van der Waals surface area contributed by atoms with Crippen LogP contribution in [0.5, 0.6) is 0 Å². The van der Waals surface area contributed by atoms with Crippen LogP contribution >= 0.6 is 0 Å². The van der Waals surface area contributed by atoms with Crippen LogP contribution in [-0.2, 0) is 0 Å². The molecule has 0 saturated carbocycles. The molecule has 0 bridgehead atoms. The summed E-state index contributed by atoms with van der Waals surface area (Å²) >= 11 is 0. The molecule has 1 rings (SSSR count). The summed E-state index contributed by atoms with van der Waals surface area (Å²) in [6.45, 7) is 7.96. The number of unbranched alkanes of at least 4 members (excludes halogenated alkanes) is 1. The topological polar surface area (TPSA) is 46.9 Å². The lowest BCUT2D eigenvalue weighted by Crippen LogP contribution is -2.44. The zero-order valence-corrected chi connectivity index (χ0v) is 11.4. The van der Waals surface area contributed by atoms with Gasteiger partial charge in [0.15, 0.2) is 0 Å². The Morgan fingerprint density at radius 1 is 1.00 bits per heavy atom. The third kappa shape index (κ3) is 5.34. The Labute approximate surface area is 105 Å². The summed E-state index contributed by atoms with van der Waals surface area (Å²) in [5.74, 6) is 0. The quantitative estimate of drug-likeness (QED) is 0.636. The van der Waals surface area contributed by atoms with Gasteiger partial charge in [0.25, 0.3) is 0 Å². The van der Waals surface area contributed by atoms with Crippen LogP contribution < -0.4 is 0 Å². The van der Waals surface area contributed by atoms with Crippen molar-refractivity contribution in [1.29, 1.82) is 0 Å². The van der Waals surface area contributed by atoms with Gasteiger partial charge in [-0.25, -0.2) is 0 Å². The Bertz CT molecular complexity index is 200. The fourth-order valence-electron chi connectivity index (χ4n) is 2.17. The molecule has 0 amide bonds. The molecule has 17 heavy (non-hydrogen) atoms. The summed E-state index contributed by atoms with van der Waals surface area (Å²) in [5, 5.41) is 18.4. The van der Waals surface area contributed by atoms with Gasteiger partial charge >= 0.3 is 0 Å². The number of hydrogen-bond acceptors (Lipinski definition) is 4. The van der Waals surface area contributed by atoms with Gasteiger partial charge in [0.1, 0.15) is 0 Å². The van der Waals surface area contributed by atoms with Crippen LogP contribution in [0.2, 0.25) is 0 Å². The molecule has 1 aliphatic rings. The van der Waals surface area contributed by atoms with E-state index in [2.05, 4.69) is 16.8 Å². The normalized spacial score (nSPS) is 19.8. The van der Waals surface area contributed by atoms with Gasteiger partial charge < -0.3 is 20.0 Å². The zero-order valence-electron chi connectivity index (χ0n) is 11.4. The Morgan fingerprint density at radius 2 is 1.59 bits per heavy atom. The monoisotopic (exact) mass is 244 g/mol. The number of likely N-dealkylation sites (N-methyl/N-ethyl adjacent to an activating group) is 1. The molecule has 0 unspecified atom stereocenters. The minimum absolute atomic E-state index is 0.0814. The van der Waals surface area contributed by atoms with Crippen molar-refractivity contribution < 1.29 is 10.2 Å². The lowest BCUT2D eigenvalue weighted by atomic mass is 9.87. The highest BCUT2D eigenvalue weighted by atomic mass is 16.3. The molecule has 0 spiro atoms. The number of aliphatic hydroxyl groups is 2. The fourth-order valence-corrected chi connectivity index (χ4v) is 2.17. The van der Waals surface area contributed by atoms with E-state index in [0.717, 1.165) is 19.4 Å². The Balaban J connectivity index is 2.08. The number of nitrogens with zero attached hydrogens (tertiary/aromatic N) is 2. The van der Waals surface area contributed by atoms with Crippen LogP contribution in [0.25, 0.3) is 0 Å². The van der Waals surface area contributed by atoms with E-state index in [-0.39, 0.29) is 18.6 Å². The fraction of sp³-hybridized carbons (Fsp3) is 1.00. The molecule has 0 aliphatic carbocycles. The lowest BCUT2D eigenvalue weighted by Gasteiger charge is -2.32. The molecule has 1 fully saturated rings. The molecule has 0 radical (unpaired) electrons. The molecule has 2 N–H and O–H groups in total. The standard InChI is InChI=1S/C13H28N2O2/c1-13(11-16,12-17)5-3-4-6-15-9-7-14(2)8-10-15/h16-17H,3-12H2,1-2H3. The summed E-state index contributed by atoms with van der Waals surface area (Å²) in [4.78, 5) is 4.88. The maximum absolute atomic E-state index is 9.19. The highest BCUT2D eigenvalue weighted by molar-refractivity contribution is 4.73. The predicted molar refractivity (Wildman–Crippen MR) is 70.1 cm³/mol. The molecule has 0 aromatic heterocycles. The second-order valence-electron chi connectivity index (χ2n) is 5.73. The minimum Gasteiger partial charge on any atom is -0.396 e. The van der Waals surface area contributed by atoms with E-state index in [4.69, 9.17) is 0 Å². The molecule has 4 heteroatoms. The van der Waals surface area contributed by atoms with E-state index in [1.165, 1.54) is 32.6 Å². The Morgan fingerprint density at radius 3 is 2.12 bits per heavy atom. The molecule has 102 valence electrons. The smallest absolute Gasteiger partial charge is 0.0506 e. The average Bonchev–Trinajstić information content (AvgIpc) is 2.36. The van der Waals surface area contributed by atoms with Crippen LogP contribution in [0, 0.1) is 5.41 Å². The maximum atomic E-state index is 9.19. The molecule has 1 saturated heterocycles. The second-order valence-corrected chi connectivity index (χ2v) is 5.73. The Kier molecular flexibility index (Phi) is 6.41. The zero-order chi connectivity index (χ0) is 12.7. The third-order valence-corrected chi connectivity index (χ3v) is 3.86. The van der Waals surface area contributed by atoms with Crippen LogP contribution in [0.15, 0.2) is 0 Å². The van der Waals surface area contributed by atoms with E-state index < -0.39 is 0 Å². The van der Waals surface area contributed by atoms with Crippen molar-refractivity contribution in [3.63, 3.8) is 0 Å². The number of rotatable bonds is 7. The largest absolute Gasteiger partial charge is 0.396 e. The van der Waals surface area contributed by atoms with E-state index in [1.807, 2.05) is 6.92 Å². The van der Waals surface area contributed by atoms with Crippen LogP contribution in [-0.4, -0.2) is 73.0 Å². The van der Waals surface area contributed by atoms with Crippen molar-refractivity contribution in [3.05, 3.63) is 0 Å². The lowest BCUT2D eigenvalue weighted by molar-refractivity contribution is 0.0593. The number of piperazine rings is 1. The van der Waals surface area contributed by atoms with E-state index in [9.17, 15) is 10.2 Å². The molecule has 1 aliphatic heterocycles. The maximum Gasteiger partial charge on any atom is 0.0506 e. The summed E-state index contributed by atoms with van der Waals surface area (Å²) in [6.07, 6.45) is 3.16. The van der Waals surface area contributed by atoms with Crippen LogP contribution in [0.3, 0.4) is 0 Å². The second kappa shape index (κ2) is 7.31. The van der Waals surface area contributed by atoms with Gasteiger partial charge in [0.2, 0.25) is 0 Å². The highest BCUT2D eigenvalue weighted by Crippen LogP contribution is 2.22. The Hall–Kier alpha value is -0.160. The van der Waals surface area contributed by atoms with Crippen molar-refractivity contribution in [2.24, 2.45) is 5.41 Å². The first-order valence-corrected chi connectivity index (χ1v) is 6.72. The summed E-state index contributed by atoms with van der Waals surface area (Å²) < 4.78 is 0. The summed E-state index contributed by atoms with van der Waals surface area (Å²) in [7, 11) is 2.17. The number of hydrogen-bond donors (Lipinski definition) is 2. The van der Waals surface area contributed by atoms with E-state index >= 15 is 0 Å².